The van der Waals surface area contributed by atoms with Crippen LogP contribution in [-0.2, 0) is 0 Å². The first-order chi connectivity index (χ1) is 6.65. The molecule has 0 aromatic heterocycles. The van der Waals surface area contributed by atoms with Gasteiger partial charge in [0, 0.05) is 12.0 Å². The summed E-state index contributed by atoms with van der Waals surface area (Å²) in [7, 11) is 0. The Morgan fingerprint density at radius 2 is 2.36 bits per heavy atom. The van der Waals surface area contributed by atoms with Crippen molar-refractivity contribution in [3.8, 4) is 12.3 Å². The van der Waals surface area contributed by atoms with Crippen LogP contribution >= 0.6 is 0 Å². The molecular formula is C12H13NO. The summed E-state index contributed by atoms with van der Waals surface area (Å²) >= 11 is 0. The molecule has 1 atom stereocenters. The van der Waals surface area contributed by atoms with Crippen LogP contribution in [0.4, 0.5) is 0 Å². The molecule has 1 aromatic carbocycles. The third-order valence-electron chi connectivity index (χ3n) is 1.98. The van der Waals surface area contributed by atoms with Crippen LogP contribution < -0.4 is 5.73 Å². The van der Waals surface area contributed by atoms with Crippen LogP contribution in [0, 0.1) is 19.3 Å². The summed E-state index contributed by atoms with van der Waals surface area (Å²) in [6.45, 7) is 1.93. The Labute approximate surface area is 84.1 Å². The molecule has 0 saturated heterocycles. The van der Waals surface area contributed by atoms with Crippen molar-refractivity contribution in [2.75, 3.05) is 0 Å². The molecule has 2 N–H and O–H groups in total. The minimum atomic E-state index is -0.582. The van der Waals surface area contributed by atoms with Crippen molar-refractivity contribution in [2.45, 2.75) is 19.4 Å². The highest BCUT2D eigenvalue weighted by atomic mass is 16.1. The summed E-state index contributed by atoms with van der Waals surface area (Å²) in [6.07, 6.45) is 5.38. The molecule has 0 radical (unpaired) electrons. The lowest BCUT2D eigenvalue weighted by atomic mass is 10.0. The van der Waals surface area contributed by atoms with E-state index in [1.165, 1.54) is 0 Å². The van der Waals surface area contributed by atoms with E-state index < -0.39 is 6.04 Å². The van der Waals surface area contributed by atoms with Crippen molar-refractivity contribution >= 4 is 5.78 Å². The SMILES string of the molecule is C#CCC(N)C(=O)c1cccc(C)c1. The molecular weight excluding hydrogens is 174 g/mol. The van der Waals surface area contributed by atoms with Gasteiger partial charge >= 0.3 is 0 Å². The molecule has 1 aromatic rings. The van der Waals surface area contributed by atoms with Crippen LogP contribution in [0.25, 0.3) is 0 Å². The van der Waals surface area contributed by atoms with Gasteiger partial charge in [-0.05, 0) is 13.0 Å². The van der Waals surface area contributed by atoms with Gasteiger partial charge in [-0.3, -0.25) is 4.79 Å². The molecule has 0 saturated carbocycles. The molecule has 0 heterocycles. The third-order valence-corrected chi connectivity index (χ3v) is 1.98. The second-order valence-corrected chi connectivity index (χ2v) is 3.25. The molecule has 0 aliphatic carbocycles. The summed E-state index contributed by atoms with van der Waals surface area (Å²) in [5.41, 5.74) is 7.30. The molecule has 2 nitrogen and oxygen atoms in total. The van der Waals surface area contributed by atoms with Crippen molar-refractivity contribution in [3.05, 3.63) is 35.4 Å². The molecule has 2 heteroatoms. The third kappa shape index (κ3) is 2.45. The van der Waals surface area contributed by atoms with Crippen LogP contribution in [-0.4, -0.2) is 11.8 Å². The van der Waals surface area contributed by atoms with Gasteiger partial charge in [0.2, 0.25) is 0 Å². The first kappa shape index (κ1) is 10.5. The van der Waals surface area contributed by atoms with Gasteiger partial charge in [-0.1, -0.05) is 23.8 Å². The average molecular weight is 187 g/mol. The first-order valence-corrected chi connectivity index (χ1v) is 4.45. The van der Waals surface area contributed by atoms with E-state index in [0.717, 1.165) is 5.56 Å². The Balaban J connectivity index is 2.85. The fourth-order valence-electron chi connectivity index (χ4n) is 1.23. The van der Waals surface area contributed by atoms with Crippen molar-refractivity contribution in [2.24, 2.45) is 5.73 Å². The molecule has 1 rings (SSSR count). The number of ketones is 1. The summed E-state index contributed by atoms with van der Waals surface area (Å²) in [4.78, 5) is 11.7. The van der Waals surface area contributed by atoms with E-state index >= 15 is 0 Å². The molecule has 0 bridgehead atoms. The van der Waals surface area contributed by atoms with E-state index in [1.807, 2.05) is 25.1 Å². The molecule has 14 heavy (non-hydrogen) atoms. The Morgan fingerprint density at radius 1 is 1.64 bits per heavy atom. The van der Waals surface area contributed by atoms with Crippen molar-refractivity contribution in [1.29, 1.82) is 0 Å². The Kier molecular flexibility index (Phi) is 3.44. The number of aryl methyl sites for hydroxylation is 1. The number of terminal acetylenes is 1. The Hall–Kier alpha value is -1.59. The van der Waals surface area contributed by atoms with Gasteiger partial charge in [0.25, 0.3) is 0 Å². The standard InChI is InChI=1S/C12H13NO/c1-3-5-11(13)12(14)10-7-4-6-9(2)8-10/h1,4,6-8,11H,5,13H2,2H3. The number of rotatable bonds is 3. The van der Waals surface area contributed by atoms with Crippen LogP contribution in [0.3, 0.4) is 0 Å². The number of nitrogens with two attached hydrogens (primary N) is 1. The van der Waals surface area contributed by atoms with Gasteiger partial charge in [0.1, 0.15) is 0 Å². The maximum Gasteiger partial charge on any atom is 0.180 e. The lowest BCUT2D eigenvalue weighted by Gasteiger charge is -2.07. The van der Waals surface area contributed by atoms with Crippen LogP contribution in [0.5, 0.6) is 0 Å². The predicted octanol–water partition coefficient (Wildman–Crippen LogP) is 1.53. The Morgan fingerprint density at radius 3 is 2.93 bits per heavy atom. The van der Waals surface area contributed by atoms with E-state index in [-0.39, 0.29) is 12.2 Å². The number of hydrogen-bond donors (Lipinski definition) is 1. The summed E-state index contributed by atoms with van der Waals surface area (Å²) in [6, 6.07) is 6.76. The molecule has 1 unspecified atom stereocenters. The van der Waals surface area contributed by atoms with E-state index in [9.17, 15) is 4.79 Å². The molecule has 72 valence electrons. The number of carbonyl (C=O) groups excluding carboxylic acids is 1. The van der Waals surface area contributed by atoms with Crippen molar-refractivity contribution in [3.63, 3.8) is 0 Å². The van der Waals surface area contributed by atoms with Crippen LogP contribution in [0.2, 0.25) is 0 Å². The maximum absolute atomic E-state index is 11.7. The van der Waals surface area contributed by atoms with Gasteiger partial charge < -0.3 is 5.73 Å². The minimum absolute atomic E-state index is 0.0911. The lowest BCUT2D eigenvalue weighted by molar-refractivity contribution is 0.0963. The molecule has 0 fully saturated rings. The Bertz CT molecular complexity index is 376. The maximum atomic E-state index is 11.7. The molecule has 0 aliphatic rings. The summed E-state index contributed by atoms with van der Waals surface area (Å²) in [5, 5.41) is 0. The summed E-state index contributed by atoms with van der Waals surface area (Å²) in [5.74, 6) is 2.30. The number of Topliss-reactive ketones (excluding diaryl/α,β-unsaturated/α-hetero) is 1. The monoisotopic (exact) mass is 187 g/mol. The topological polar surface area (TPSA) is 43.1 Å². The fourth-order valence-corrected chi connectivity index (χ4v) is 1.23. The second-order valence-electron chi connectivity index (χ2n) is 3.25. The van der Waals surface area contributed by atoms with Crippen LogP contribution in [0.1, 0.15) is 22.3 Å². The zero-order valence-corrected chi connectivity index (χ0v) is 8.16. The number of carbonyl (C=O) groups is 1. The highest BCUT2D eigenvalue weighted by molar-refractivity contribution is 6.00. The quantitative estimate of drug-likeness (QED) is 0.576. The zero-order chi connectivity index (χ0) is 10.6. The molecule has 0 aliphatic heterocycles. The number of hydrogen-bond acceptors (Lipinski definition) is 2. The van der Waals surface area contributed by atoms with Gasteiger partial charge in [-0.15, -0.1) is 12.3 Å². The second kappa shape index (κ2) is 4.59. The zero-order valence-electron chi connectivity index (χ0n) is 8.16. The van der Waals surface area contributed by atoms with Gasteiger partial charge in [-0.25, -0.2) is 0 Å². The number of benzene rings is 1. The van der Waals surface area contributed by atoms with Crippen LogP contribution in [0.15, 0.2) is 24.3 Å². The molecule has 0 amide bonds. The van der Waals surface area contributed by atoms with E-state index in [1.54, 1.807) is 6.07 Å². The average Bonchev–Trinajstić information content (AvgIpc) is 2.17. The van der Waals surface area contributed by atoms with Gasteiger partial charge in [-0.2, -0.15) is 0 Å². The van der Waals surface area contributed by atoms with Gasteiger partial charge in [0.05, 0.1) is 6.04 Å². The van der Waals surface area contributed by atoms with Crippen molar-refractivity contribution in [1.82, 2.24) is 0 Å². The van der Waals surface area contributed by atoms with Gasteiger partial charge in [0.15, 0.2) is 5.78 Å². The van der Waals surface area contributed by atoms with E-state index in [0.29, 0.717) is 5.56 Å². The predicted molar refractivity (Wildman–Crippen MR) is 56.9 cm³/mol. The minimum Gasteiger partial charge on any atom is -0.320 e. The molecule has 0 spiro atoms. The lowest BCUT2D eigenvalue weighted by Crippen LogP contribution is -2.29. The van der Waals surface area contributed by atoms with Crippen molar-refractivity contribution < 1.29 is 4.79 Å². The van der Waals surface area contributed by atoms with E-state index in [2.05, 4.69) is 5.92 Å². The highest BCUT2D eigenvalue weighted by Gasteiger charge is 2.13. The fraction of sp³-hybridized carbons (Fsp3) is 0.250. The highest BCUT2D eigenvalue weighted by Crippen LogP contribution is 2.07. The van der Waals surface area contributed by atoms with E-state index in [4.69, 9.17) is 12.2 Å². The largest absolute Gasteiger partial charge is 0.320 e. The summed E-state index contributed by atoms with van der Waals surface area (Å²) < 4.78 is 0. The first-order valence-electron chi connectivity index (χ1n) is 4.45. The smallest absolute Gasteiger partial charge is 0.180 e. The normalized spacial score (nSPS) is 11.8.